The summed E-state index contributed by atoms with van der Waals surface area (Å²) >= 11 is 0. The molecule has 0 aromatic heterocycles. The average Bonchev–Trinajstić information content (AvgIpc) is 2.64. The van der Waals surface area contributed by atoms with Crippen LogP contribution >= 0.6 is 0 Å². The highest BCUT2D eigenvalue weighted by atomic mass is 16.4. The molecule has 1 fully saturated rings. The van der Waals surface area contributed by atoms with Crippen molar-refractivity contribution in [2.75, 3.05) is 19.6 Å². The first-order valence-electron chi connectivity index (χ1n) is 6.87. The van der Waals surface area contributed by atoms with Crippen LogP contribution in [0.1, 0.15) is 30.4 Å². The molecule has 5 nitrogen and oxygen atoms in total. The minimum atomic E-state index is -0.810. The number of carboxylic acids is 1. The van der Waals surface area contributed by atoms with Gasteiger partial charge in [-0.25, -0.2) is 0 Å². The van der Waals surface area contributed by atoms with Crippen LogP contribution in [0.4, 0.5) is 0 Å². The van der Waals surface area contributed by atoms with E-state index in [1.165, 1.54) is 0 Å². The summed E-state index contributed by atoms with van der Waals surface area (Å²) in [6.45, 7) is 4.77. The van der Waals surface area contributed by atoms with Gasteiger partial charge in [0.2, 0.25) is 5.91 Å². The smallest absolute Gasteiger partial charge is 0.310 e. The standard InChI is InChI=1S/C15H20N2O3/c1-11(15(19)20)13-4-2-12(3-5-13)10-17-8-6-14(18)16-7-9-17/h2-5,11H,6-10H2,1H3,(H,16,18)(H,19,20). The minimum absolute atomic E-state index is 0.109. The molecule has 108 valence electrons. The monoisotopic (exact) mass is 276 g/mol. The highest BCUT2D eigenvalue weighted by Crippen LogP contribution is 2.17. The van der Waals surface area contributed by atoms with Gasteiger partial charge in [0.1, 0.15) is 0 Å². The summed E-state index contributed by atoms with van der Waals surface area (Å²) in [5.41, 5.74) is 1.95. The highest BCUT2D eigenvalue weighted by molar-refractivity contribution is 5.76. The third-order valence-electron chi connectivity index (χ3n) is 3.66. The number of amides is 1. The lowest BCUT2D eigenvalue weighted by Crippen LogP contribution is -2.28. The lowest BCUT2D eigenvalue weighted by molar-refractivity contribution is -0.138. The Morgan fingerprint density at radius 3 is 2.70 bits per heavy atom. The normalized spacial score (nSPS) is 18.1. The Kier molecular flexibility index (Phi) is 4.74. The minimum Gasteiger partial charge on any atom is -0.481 e. The largest absolute Gasteiger partial charge is 0.481 e. The summed E-state index contributed by atoms with van der Waals surface area (Å²) < 4.78 is 0. The number of aliphatic carboxylic acids is 1. The molecule has 2 rings (SSSR count). The van der Waals surface area contributed by atoms with Gasteiger partial charge in [-0.1, -0.05) is 24.3 Å². The Balaban J connectivity index is 1.96. The van der Waals surface area contributed by atoms with Crippen molar-refractivity contribution >= 4 is 11.9 Å². The Morgan fingerprint density at radius 1 is 1.35 bits per heavy atom. The van der Waals surface area contributed by atoms with Gasteiger partial charge in [0.15, 0.2) is 0 Å². The van der Waals surface area contributed by atoms with E-state index >= 15 is 0 Å². The van der Waals surface area contributed by atoms with Crippen molar-refractivity contribution in [3.8, 4) is 0 Å². The maximum atomic E-state index is 11.3. The molecule has 0 bridgehead atoms. The Labute approximate surface area is 118 Å². The van der Waals surface area contributed by atoms with Gasteiger partial charge in [-0.3, -0.25) is 14.5 Å². The quantitative estimate of drug-likeness (QED) is 0.867. The van der Waals surface area contributed by atoms with Gasteiger partial charge < -0.3 is 10.4 Å². The fourth-order valence-electron chi connectivity index (χ4n) is 2.28. The maximum absolute atomic E-state index is 11.3. The summed E-state index contributed by atoms with van der Waals surface area (Å²) in [6, 6.07) is 7.68. The van der Waals surface area contributed by atoms with Crippen LogP contribution in [0.15, 0.2) is 24.3 Å². The Bertz CT molecular complexity index is 484. The fraction of sp³-hybridized carbons (Fsp3) is 0.467. The average molecular weight is 276 g/mol. The predicted molar refractivity (Wildman–Crippen MR) is 75.4 cm³/mol. The van der Waals surface area contributed by atoms with Crippen LogP contribution in [0.2, 0.25) is 0 Å². The molecule has 1 atom stereocenters. The second kappa shape index (κ2) is 6.52. The van der Waals surface area contributed by atoms with Gasteiger partial charge in [-0.15, -0.1) is 0 Å². The predicted octanol–water partition coefficient (Wildman–Crippen LogP) is 1.20. The molecule has 1 aliphatic rings. The summed E-state index contributed by atoms with van der Waals surface area (Å²) in [6.07, 6.45) is 0.536. The van der Waals surface area contributed by atoms with E-state index in [0.29, 0.717) is 13.0 Å². The van der Waals surface area contributed by atoms with Crippen LogP contribution in [-0.4, -0.2) is 41.5 Å². The summed E-state index contributed by atoms with van der Waals surface area (Å²) in [5.74, 6) is -1.18. The first-order chi connectivity index (χ1) is 9.56. The molecular weight excluding hydrogens is 256 g/mol. The number of nitrogens with zero attached hydrogens (tertiary/aromatic N) is 1. The maximum Gasteiger partial charge on any atom is 0.310 e. The van der Waals surface area contributed by atoms with E-state index < -0.39 is 11.9 Å². The van der Waals surface area contributed by atoms with Gasteiger partial charge in [0, 0.05) is 32.6 Å². The van der Waals surface area contributed by atoms with E-state index in [9.17, 15) is 9.59 Å². The lowest BCUT2D eigenvalue weighted by Gasteiger charge is -2.19. The first kappa shape index (κ1) is 14.5. The molecule has 1 aromatic carbocycles. The number of hydrogen-bond donors (Lipinski definition) is 2. The zero-order valence-electron chi connectivity index (χ0n) is 11.6. The topological polar surface area (TPSA) is 69.6 Å². The van der Waals surface area contributed by atoms with Crippen molar-refractivity contribution in [2.45, 2.75) is 25.8 Å². The first-order valence-corrected chi connectivity index (χ1v) is 6.87. The second-order valence-corrected chi connectivity index (χ2v) is 5.18. The Morgan fingerprint density at radius 2 is 2.05 bits per heavy atom. The van der Waals surface area contributed by atoms with Gasteiger partial charge in [0.25, 0.3) is 0 Å². The van der Waals surface area contributed by atoms with Crippen LogP contribution < -0.4 is 5.32 Å². The van der Waals surface area contributed by atoms with Crippen LogP contribution in [0.25, 0.3) is 0 Å². The lowest BCUT2D eigenvalue weighted by atomic mass is 10.00. The molecular formula is C15H20N2O3. The number of hydrogen-bond acceptors (Lipinski definition) is 3. The summed E-state index contributed by atoms with van der Waals surface area (Å²) in [4.78, 5) is 24.4. The van der Waals surface area contributed by atoms with Crippen molar-refractivity contribution < 1.29 is 14.7 Å². The SMILES string of the molecule is CC(C(=O)O)c1ccc(CN2CCNC(=O)CC2)cc1. The molecule has 2 N–H and O–H groups in total. The van der Waals surface area contributed by atoms with Crippen molar-refractivity contribution in [3.63, 3.8) is 0 Å². The molecule has 1 unspecified atom stereocenters. The van der Waals surface area contributed by atoms with Crippen LogP contribution in [0.5, 0.6) is 0 Å². The van der Waals surface area contributed by atoms with Gasteiger partial charge in [-0.2, -0.15) is 0 Å². The van der Waals surface area contributed by atoms with E-state index in [-0.39, 0.29) is 5.91 Å². The van der Waals surface area contributed by atoms with Crippen molar-refractivity contribution in [1.29, 1.82) is 0 Å². The number of carboxylic acid groups (broad SMARTS) is 1. The number of nitrogens with one attached hydrogen (secondary N) is 1. The van der Waals surface area contributed by atoms with Gasteiger partial charge >= 0.3 is 5.97 Å². The van der Waals surface area contributed by atoms with Crippen LogP contribution in [0.3, 0.4) is 0 Å². The number of carbonyl (C=O) groups is 2. The molecule has 1 heterocycles. The molecule has 5 heteroatoms. The third kappa shape index (κ3) is 3.81. The number of benzene rings is 1. The molecule has 20 heavy (non-hydrogen) atoms. The van der Waals surface area contributed by atoms with E-state index in [0.717, 1.165) is 30.8 Å². The number of rotatable bonds is 4. The molecule has 1 aromatic rings. The molecule has 0 aliphatic carbocycles. The van der Waals surface area contributed by atoms with Crippen molar-refractivity contribution in [3.05, 3.63) is 35.4 Å². The molecule has 0 saturated carbocycles. The molecule has 1 aliphatic heterocycles. The van der Waals surface area contributed by atoms with E-state index in [1.54, 1.807) is 6.92 Å². The molecule has 0 spiro atoms. The third-order valence-corrected chi connectivity index (χ3v) is 3.66. The number of carbonyl (C=O) groups excluding carboxylic acids is 1. The highest BCUT2D eigenvalue weighted by Gasteiger charge is 2.15. The summed E-state index contributed by atoms with van der Waals surface area (Å²) in [5, 5.41) is 11.8. The van der Waals surface area contributed by atoms with E-state index in [2.05, 4.69) is 10.2 Å². The van der Waals surface area contributed by atoms with Crippen molar-refractivity contribution in [1.82, 2.24) is 10.2 Å². The van der Waals surface area contributed by atoms with E-state index in [1.807, 2.05) is 24.3 Å². The van der Waals surface area contributed by atoms with Crippen LogP contribution in [-0.2, 0) is 16.1 Å². The molecule has 1 amide bonds. The van der Waals surface area contributed by atoms with E-state index in [4.69, 9.17) is 5.11 Å². The molecule has 0 radical (unpaired) electrons. The molecule has 1 saturated heterocycles. The Hall–Kier alpha value is -1.88. The van der Waals surface area contributed by atoms with Crippen LogP contribution in [0, 0.1) is 0 Å². The zero-order valence-corrected chi connectivity index (χ0v) is 11.6. The zero-order chi connectivity index (χ0) is 14.5. The summed E-state index contributed by atoms with van der Waals surface area (Å²) in [7, 11) is 0. The fourth-order valence-corrected chi connectivity index (χ4v) is 2.28. The van der Waals surface area contributed by atoms with Crippen molar-refractivity contribution in [2.24, 2.45) is 0 Å². The second-order valence-electron chi connectivity index (χ2n) is 5.18. The van der Waals surface area contributed by atoms with Gasteiger partial charge in [-0.05, 0) is 18.1 Å². The van der Waals surface area contributed by atoms with Gasteiger partial charge in [0.05, 0.1) is 5.92 Å².